The number of nitrogens with one attached hydrogen (secondary N) is 1. The topological polar surface area (TPSA) is 21.3 Å². The lowest BCUT2D eigenvalue weighted by atomic mass is 10.1. The van der Waals surface area contributed by atoms with Gasteiger partial charge in [0.2, 0.25) is 0 Å². The molecule has 0 aromatic carbocycles. The van der Waals surface area contributed by atoms with E-state index in [1.165, 1.54) is 25.7 Å². The summed E-state index contributed by atoms with van der Waals surface area (Å²) in [6.07, 6.45) is 6.40. The fourth-order valence-electron chi connectivity index (χ4n) is 1.39. The lowest BCUT2D eigenvalue weighted by Crippen LogP contribution is -2.10. The molecule has 0 aromatic rings. The quantitative estimate of drug-likeness (QED) is 0.549. The van der Waals surface area contributed by atoms with Crippen molar-refractivity contribution in [3.8, 4) is 0 Å². The molecule has 0 unspecified atom stereocenters. The maximum atomic E-state index is 5.50. The standard InChI is InChI=1S/C12H27NO/c1-12(2)8-5-4-6-10-14-11-7-9-13-3/h12-13H,4-11H2,1-3H3. The molecule has 0 rings (SSSR count). The fourth-order valence-corrected chi connectivity index (χ4v) is 1.39. The monoisotopic (exact) mass is 201 g/mol. The Morgan fingerprint density at radius 3 is 2.36 bits per heavy atom. The summed E-state index contributed by atoms with van der Waals surface area (Å²) in [7, 11) is 1.98. The Morgan fingerprint density at radius 2 is 1.71 bits per heavy atom. The average molecular weight is 201 g/mol. The van der Waals surface area contributed by atoms with E-state index in [2.05, 4.69) is 19.2 Å². The first-order chi connectivity index (χ1) is 6.77. The van der Waals surface area contributed by atoms with E-state index < -0.39 is 0 Å². The molecule has 2 heteroatoms. The van der Waals surface area contributed by atoms with Gasteiger partial charge in [0.1, 0.15) is 0 Å². The summed E-state index contributed by atoms with van der Waals surface area (Å²) >= 11 is 0. The zero-order valence-corrected chi connectivity index (χ0v) is 10.1. The van der Waals surface area contributed by atoms with Crippen LogP contribution in [0.15, 0.2) is 0 Å². The molecule has 0 aliphatic heterocycles. The van der Waals surface area contributed by atoms with Gasteiger partial charge in [-0.15, -0.1) is 0 Å². The Kier molecular flexibility index (Phi) is 10.9. The summed E-state index contributed by atoms with van der Waals surface area (Å²) < 4.78 is 5.50. The number of ether oxygens (including phenoxy) is 1. The summed E-state index contributed by atoms with van der Waals surface area (Å²) in [5, 5.41) is 3.11. The van der Waals surface area contributed by atoms with E-state index in [9.17, 15) is 0 Å². The van der Waals surface area contributed by atoms with Crippen molar-refractivity contribution >= 4 is 0 Å². The van der Waals surface area contributed by atoms with E-state index in [1.807, 2.05) is 7.05 Å². The van der Waals surface area contributed by atoms with Crippen molar-refractivity contribution in [1.82, 2.24) is 5.32 Å². The normalized spacial score (nSPS) is 11.1. The van der Waals surface area contributed by atoms with E-state index >= 15 is 0 Å². The zero-order chi connectivity index (χ0) is 10.6. The number of hydrogen-bond donors (Lipinski definition) is 1. The molecule has 0 heterocycles. The number of hydrogen-bond acceptors (Lipinski definition) is 2. The van der Waals surface area contributed by atoms with Gasteiger partial charge >= 0.3 is 0 Å². The van der Waals surface area contributed by atoms with Crippen LogP contribution in [-0.4, -0.2) is 26.8 Å². The Balaban J connectivity index is 2.85. The molecule has 86 valence electrons. The highest BCUT2D eigenvalue weighted by Gasteiger charge is 1.94. The number of rotatable bonds is 10. The average Bonchev–Trinajstić information content (AvgIpc) is 2.15. The van der Waals surface area contributed by atoms with Crippen molar-refractivity contribution in [1.29, 1.82) is 0 Å². The first-order valence-electron chi connectivity index (χ1n) is 5.99. The van der Waals surface area contributed by atoms with Gasteiger partial charge in [-0.05, 0) is 32.4 Å². The second-order valence-electron chi connectivity index (χ2n) is 4.31. The lowest BCUT2D eigenvalue weighted by molar-refractivity contribution is 0.127. The van der Waals surface area contributed by atoms with Crippen molar-refractivity contribution in [3.63, 3.8) is 0 Å². The summed E-state index contributed by atoms with van der Waals surface area (Å²) in [6.45, 7) is 7.49. The molecule has 0 spiro atoms. The van der Waals surface area contributed by atoms with Crippen LogP contribution in [0.1, 0.15) is 46.0 Å². The van der Waals surface area contributed by atoms with Crippen LogP contribution >= 0.6 is 0 Å². The minimum absolute atomic E-state index is 0.853. The van der Waals surface area contributed by atoms with E-state index in [0.717, 1.165) is 32.1 Å². The molecule has 0 atom stereocenters. The first-order valence-corrected chi connectivity index (χ1v) is 5.99. The van der Waals surface area contributed by atoms with E-state index in [-0.39, 0.29) is 0 Å². The maximum Gasteiger partial charge on any atom is 0.0478 e. The van der Waals surface area contributed by atoms with Crippen LogP contribution in [0.2, 0.25) is 0 Å². The molecule has 0 saturated heterocycles. The molecule has 0 aliphatic carbocycles. The predicted molar refractivity (Wildman–Crippen MR) is 62.7 cm³/mol. The first kappa shape index (κ1) is 13.9. The van der Waals surface area contributed by atoms with Gasteiger partial charge in [0, 0.05) is 13.2 Å². The van der Waals surface area contributed by atoms with Gasteiger partial charge < -0.3 is 10.1 Å². The van der Waals surface area contributed by atoms with Gasteiger partial charge in [-0.3, -0.25) is 0 Å². The van der Waals surface area contributed by atoms with Crippen molar-refractivity contribution in [2.75, 3.05) is 26.8 Å². The van der Waals surface area contributed by atoms with Crippen molar-refractivity contribution in [3.05, 3.63) is 0 Å². The molecular formula is C12H27NO. The molecular weight excluding hydrogens is 174 g/mol. The van der Waals surface area contributed by atoms with Crippen LogP contribution in [-0.2, 0) is 4.74 Å². The molecule has 0 aliphatic rings. The van der Waals surface area contributed by atoms with Crippen LogP contribution in [0.4, 0.5) is 0 Å². The highest BCUT2D eigenvalue weighted by molar-refractivity contribution is 4.47. The fraction of sp³-hybridized carbons (Fsp3) is 1.00. The zero-order valence-electron chi connectivity index (χ0n) is 10.1. The maximum absolute atomic E-state index is 5.50. The minimum Gasteiger partial charge on any atom is -0.381 e. The third kappa shape index (κ3) is 11.9. The molecule has 14 heavy (non-hydrogen) atoms. The third-order valence-electron chi connectivity index (χ3n) is 2.29. The van der Waals surface area contributed by atoms with Crippen LogP contribution in [0.3, 0.4) is 0 Å². The van der Waals surface area contributed by atoms with Crippen molar-refractivity contribution in [2.24, 2.45) is 5.92 Å². The van der Waals surface area contributed by atoms with Gasteiger partial charge in [0.25, 0.3) is 0 Å². The summed E-state index contributed by atoms with van der Waals surface area (Å²) in [6, 6.07) is 0. The van der Waals surface area contributed by atoms with Crippen LogP contribution in [0.25, 0.3) is 0 Å². The largest absolute Gasteiger partial charge is 0.381 e. The SMILES string of the molecule is CNCCCOCCCCCC(C)C. The van der Waals surface area contributed by atoms with Crippen LogP contribution in [0.5, 0.6) is 0 Å². The Hall–Kier alpha value is -0.0800. The summed E-state index contributed by atoms with van der Waals surface area (Å²) in [5.74, 6) is 0.853. The van der Waals surface area contributed by atoms with Crippen molar-refractivity contribution in [2.45, 2.75) is 46.0 Å². The molecule has 2 nitrogen and oxygen atoms in total. The second kappa shape index (κ2) is 11.0. The second-order valence-corrected chi connectivity index (χ2v) is 4.31. The number of unbranched alkanes of at least 4 members (excludes halogenated alkanes) is 2. The molecule has 0 amide bonds. The molecule has 1 N–H and O–H groups in total. The Morgan fingerprint density at radius 1 is 1.00 bits per heavy atom. The summed E-state index contributed by atoms with van der Waals surface area (Å²) in [4.78, 5) is 0. The van der Waals surface area contributed by atoms with Gasteiger partial charge in [0.05, 0.1) is 0 Å². The highest BCUT2D eigenvalue weighted by atomic mass is 16.5. The molecule has 0 aromatic heterocycles. The van der Waals surface area contributed by atoms with Gasteiger partial charge in [-0.25, -0.2) is 0 Å². The van der Waals surface area contributed by atoms with Crippen LogP contribution in [0, 0.1) is 5.92 Å². The van der Waals surface area contributed by atoms with Crippen molar-refractivity contribution < 1.29 is 4.74 Å². The van der Waals surface area contributed by atoms with Crippen LogP contribution < -0.4 is 5.32 Å². The lowest BCUT2D eigenvalue weighted by Gasteiger charge is -2.05. The minimum atomic E-state index is 0.853. The van der Waals surface area contributed by atoms with Gasteiger partial charge in [-0.2, -0.15) is 0 Å². The van der Waals surface area contributed by atoms with Gasteiger partial charge in [-0.1, -0.05) is 33.1 Å². The van der Waals surface area contributed by atoms with Gasteiger partial charge in [0.15, 0.2) is 0 Å². The molecule has 0 fully saturated rings. The smallest absolute Gasteiger partial charge is 0.0478 e. The summed E-state index contributed by atoms with van der Waals surface area (Å²) in [5.41, 5.74) is 0. The van der Waals surface area contributed by atoms with E-state index in [0.29, 0.717) is 0 Å². The van der Waals surface area contributed by atoms with E-state index in [4.69, 9.17) is 4.74 Å². The third-order valence-corrected chi connectivity index (χ3v) is 2.29. The highest BCUT2D eigenvalue weighted by Crippen LogP contribution is 2.07. The molecule has 0 saturated carbocycles. The van der Waals surface area contributed by atoms with E-state index in [1.54, 1.807) is 0 Å². The Labute approximate surface area is 89.4 Å². The molecule has 0 radical (unpaired) electrons. The predicted octanol–water partition coefficient (Wildman–Crippen LogP) is 2.83. The molecule has 0 bridgehead atoms. The Bertz CT molecular complexity index is 104.